The highest BCUT2D eigenvalue weighted by Gasteiger charge is 2.31. The number of benzene rings is 2. The molecular weight excluding hydrogens is 411 g/mol. The molecule has 0 N–H and O–H groups in total. The quantitative estimate of drug-likeness (QED) is 0.588. The Balaban J connectivity index is 1.33. The van der Waals surface area contributed by atoms with E-state index >= 15 is 0 Å². The van der Waals surface area contributed by atoms with Crippen molar-refractivity contribution in [1.29, 1.82) is 0 Å². The average Bonchev–Trinajstić information content (AvgIpc) is 3.43. The number of rotatable bonds is 4. The number of alkyl halides is 3. The van der Waals surface area contributed by atoms with E-state index < -0.39 is 11.7 Å². The Hall–Kier alpha value is -3.07. The van der Waals surface area contributed by atoms with E-state index in [1.54, 1.807) is 0 Å². The molecule has 0 saturated carbocycles. The van der Waals surface area contributed by atoms with Gasteiger partial charge in [-0.3, -0.25) is 4.90 Å². The van der Waals surface area contributed by atoms with Crippen molar-refractivity contribution in [2.75, 3.05) is 19.8 Å². The molecule has 6 nitrogen and oxygen atoms in total. The summed E-state index contributed by atoms with van der Waals surface area (Å²) in [5.74, 6) is 2.02. The minimum Gasteiger partial charge on any atom is -0.486 e. The van der Waals surface area contributed by atoms with Gasteiger partial charge in [0.2, 0.25) is 11.7 Å². The molecule has 1 saturated heterocycles. The summed E-state index contributed by atoms with van der Waals surface area (Å²) in [5.41, 5.74) is 0.656. The van der Waals surface area contributed by atoms with Crippen LogP contribution < -0.4 is 9.47 Å². The van der Waals surface area contributed by atoms with Crippen LogP contribution in [0.3, 0.4) is 0 Å². The van der Waals surface area contributed by atoms with Crippen LogP contribution in [0.25, 0.3) is 11.4 Å². The molecule has 3 aromatic rings. The topological polar surface area (TPSA) is 60.6 Å². The molecule has 2 aromatic carbocycles. The third kappa shape index (κ3) is 4.10. The minimum atomic E-state index is -4.42. The molecule has 162 valence electrons. The summed E-state index contributed by atoms with van der Waals surface area (Å²) < 4.78 is 55.6. The van der Waals surface area contributed by atoms with Gasteiger partial charge < -0.3 is 14.0 Å². The Morgan fingerprint density at radius 1 is 1.03 bits per heavy atom. The van der Waals surface area contributed by atoms with Gasteiger partial charge in [0.05, 0.1) is 12.1 Å². The summed E-state index contributed by atoms with van der Waals surface area (Å²) >= 11 is 0. The normalized spacial score (nSPS) is 19.0. The van der Waals surface area contributed by atoms with Gasteiger partial charge in [0.25, 0.3) is 0 Å². The third-order valence-corrected chi connectivity index (χ3v) is 5.57. The van der Waals surface area contributed by atoms with Gasteiger partial charge in [0.15, 0.2) is 11.5 Å². The summed E-state index contributed by atoms with van der Waals surface area (Å²) in [6.45, 7) is 2.36. The molecule has 1 aromatic heterocycles. The Bertz CT molecular complexity index is 1080. The number of fused-ring (bicyclic) bond motifs is 1. The van der Waals surface area contributed by atoms with Gasteiger partial charge in [-0.2, -0.15) is 18.2 Å². The first-order valence-corrected chi connectivity index (χ1v) is 10.1. The molecule has 5 rings (SSSR count). The fraction of sp³-hybridized carbons (Fsp3) is 0.364. The molecular formula is C22H20F3N3O3. The van der Waals surface area contributed by atoms with Crippen LogP contribution in [0.15, 0.2) is 47.0 Å². The van der Waals surface area contributed by atoms with Crippen molar-refractivity contribution < 1.29 is 27.2 Å². The largest absolute Gasteiger partial charge is 0.486 e. The molecule has 3 heterocycles. The molecule has 2 aliphatic heterocycles. The second-order valence-corrected chi connectivity index (χ2v) is 7.62. The lowest BCUT2D eigenvalue weighted by Gasteiger charge is -2.25. The van der Waals surface area contributed by atoms with Crippen LogP contribution in [0.1, 0.15) is 35.9 Å². The minimum absolute atomic E-state index is 0.149. The maximum Gasteiger partial charge on any atom is 0.416 e. The lowest BCUT2D eigenvalue weighted by atomic mass is 10.0. The summed E-state index contributed by atoms with van der Waals surface area (Å²) in [4.78, 5) is 6.57. The van der Waals surface area contributed by atoms with Crippen LogP contribution in [0.5, 0.6) is 11.5 Å². The summed E-state index contributed by atoms with van der Waals surface area (Å²) in [6.07, 6.45) is -2.42. The molecule has 2 aliphatic rings. The summed E-state index contributed by atoms with van der Waals surface area (Å²) in [5, 5.41) is 3.89. The Labute approximate surface area is 176 Å². The predicted octanol–water partition coefficient (Wildman–Crippen LogP) is 4.86. The van der Waals surface area contributed by atoms with Gasteiger partial charge in [0.1, 0.15) is 13.2 Å². The second-order valence-electron chi connectivity index (χ2n) is 7.62. The van der Waals surface area contributed by atoms with Crippen molar-refractivity contribution in [3.05, 3.63) is 59.5 Å². The highest BCUT2D eigenvalue weighted by Crippen LogP contribution is 2.38. The van der Waals surface area contributed by atoms with Gasteiger partial charge >= 0.3 is 6.18 Å². The van der Waals surface area contributed by atoms with Crippen LogP contribution in [-0.2, 0) is 12.7 Å². The van der Waals surface area contributed by atoms with E-state index in [9.17, 15) is 13.2 Å². The molecule has 31 heavy (non-hydrogen) atoms. The van der Waals surface area contributed by atoms with Crippen molar-refractivity contribution >= 4 is 0 Å². The number of hydrogen-bond acceptors (Lipinski definition) is 6. The smallest absolute Gasteiger partial charge is 0.416 e. The first-order valence-electron chi connectivity index (χ1n) is 10.1. The van der Waals surface area contributed by atoms with E-state index in [1.165, 1.54) is 12.1 Å². The molecule has 9 heteroatoms. The molecule has 0 radical (unpaired) electrons. The van der Waals surface area contributed by atoms with Gasteiger partial charge in [-0.15, -0.1) is 0 Å². The average molecular weight is 431 g/mol. The number of aromatic nitrogens is 2. The Kier molecular flexibility index (Phi) is 5.05. The molecule has 0 amide bonds. The number of nitrogens with zero attached hydrogens (tertiary/aromatic N) is 3. The predicted molar refractivity (Wildman–Crippen MR) is 105 cm³/mol. The van der Waals surface area contributed by atoms with Crippen molar-refractivity contribution in [3.63, 3.8) is 0 Å². The van der Waals surface area contributed by atoms with Crippen LogP contribution in [0.4, 0.5) is 13.2 Å². The first-order chi connectivity index (χ1) is 15.0. The second kappa shape index (κ2) is 7.88. The maximum atomic E-state index is 13.0. The molecule has 0 spiro atoms. The van der Waals surface area contributed by atoms with Crippen molar-refractivity contribution in [3.8, 4) is 22.9 Å². The van der Waals surface area contributed by atoms with Gasteiger partial charge in [-0.1, -0.05) is 23.4 Å². The van der Waals surface area contributed by atoms with Crippen LogP contribution in [0.2, 0.25) is 0 Å². The zero-order chi connectivity index (χ0) is 21.4. The van der Waals surface area contributed by atoms with Crippen molar-refractivity contribution in [2.24, 2.45) is 0 Å². The van der Waals surface area contributed by atoms with Crippen molar-refractivity contribution in [1.82, 2.24) is 15.0 Å². The van der Waals surface area contributed by atoms with E-state index in [1.807, 2.05) is 18.2 Å². The fourth-order valence-electron chi connectivity index (χ4n) is 4.10. The monoisotopic (exact) mass is 431 g/mol. The zero-order valence-corrected chi connectivity index (χ0v) is 16.6. The van der Waals surface area contributed by atoms with Crippen LogP contribution in [0, 0.1) is 0 Å². The van der Waals surface area contributed by atoms with E-state index in [0.717, 1.165) is 48.6 Å². The van der Waals surface area contributed by atoms with Gasteiger partial charge in [0, 0.05) is 11.6 Å². The lowest BCUT2D eigenvalue weighted by Crippen LogP contribution is -2.23. The van der Waals surface area contributed by atoms with E-state index in [2.05, 4.69) is 15.0 Å². The lowest BCUT2D eigenvalue weighted by molar-refractivity contribution is -0.137. The first kappa shape index (κ1) is 19.9. The number of halogens is 3. The maximum absolute atomic E-state index is 13.0. The molecule has 0 bridgehead atoms. The zero-order valence-electron chi connectivity index (χ0n) is 16.6. The highest BCUT2D eigenvalue weighted by atomic mass is 19.4. The molecule has 0 aliphatic carbocycles. The number of ether oxygens (including phenoxy) is 2. The van der Waals surface area contributed by atoms with E-state index in [0.29, 0.717) is 25.6 Å². The molecule has 1 atom stereocenters. The van der Waals surface area contributed by atoms with Crippen LogP contribution in [-0.4, -0.2) is 34.8 Å². The fourth-order valence-corrected chi connectivity index (χ4v) is 4.10. The molecule has 1 fully saturated rings. The van der Waals surface area contributed by atoms with E-state index in [-0.39, 0.29) is 17.4 Å². The molecule has 0 unspecified atom stereocenters. The highest BCUT2D eigenvalue weighted by molar-refractivity contribution is 5.55. The third-order valence-electron chi connectivity index (χ3n) is 5.57. The Morgan fingerprint density at radius 3 is 2.71 bits per heavy atom. The van der Waals surface area contributed by atoms with Gasteiger partial charge in [-0.05, 0) is 49.2 Å². The number of likely N-dealkylation sites (tertiary alicyclic amines) is 1. The number of hydrogen-bond donors (Lipinski definition) is 0. The van der Waals surface area contributed by atoms with Crippen LogP contribution >= 0.6 is 0 Å². The van der Waals surface area contributed by atoms with E-state index in [4.69, 9.17) is 14.0 Å². The standard InChI is InChI=1S/C22H20F3N3O3/c23-22(24,25)16-4-1-3-15(11-16)21-26-20(31-27-21)13-28-8-2-5-17(28)14-6-7-18-19(12-14)30-10-9-29-18/h1,3-4,6-7,11-12,17H,2,5,8-10,13H2/t17-/m0/s1. The SMILES string of the molecule is FC(F)(F)c1cccc(-c2noc(CN3CCC[C@H]3c3ccc4c(c3)OCCO4)n2)c1. The summed E-state index contributed by atoms with van der Waals surface area (Å²) in [7, 11) is 0. The Morgan fingerprint density at radius 2 is 1.87 bits per heavy atom. The van der Waals surface area contributed by atoms with Gasteiger partial charge in [-0.25, -0.2) is 0 Å². The van der Waals surface area contributed by atoms with Crippen molar-refractivity contribution in [2.45, 2.75) is 31.6 Å². The summed E-state index contributed by atoms with van der Waals surface area (Å²) in [6, 6.07) is 11.1.